The summed E-state index contributed by atoms with van der Waals surface area (Å²) in [7, 11) is 0. The molecule has 6 atom stereocenters. The minimum absolute atomic E-state index is 0.0858. The van der Waals surface area contributed by atoms with Crippen LogP contribution < -0.4 is 5.32 Å². The van der Waals surface area contributed by atoms with Crippen LogP contribution in [0.25, 0.3) is 0 Å². The lowest BCUT2D eigenvalue weighted by Gasteiger charge is -2.34. The zero-order chi connectivity index (χ0) is 23.6. The Bertz CT molecular complexity index is 883. The van der Waals surface area contributed by atoms with Gasteiger partial charge >= 0.3 is 5.97 Å². The van der Waals surface area contributed by atoms with Crippen LogP contribution in [0.3, 0.4) is 0 Å². The number of carbonyl (C=O) groups excluding carboxylic acids is 3. The van der Waals surface area contributed by atoms with Crippen LogP contribution in [0.2, 0.25) is 0 Å². The summed E-state index contributed by atoms with van der Waals surface area (Å²) >= 11 is 3.63. The summed E-state index contributed by atoms with van der Waals surface area (Å²) in [6.07, 6.45) is 2.00. The molecule has 3 aliphatic heterocycles. The number of likely N-dealkylation sites (tertiary alicyclic amines) is 1. The van der Waals surface area contributed by atoms with Crippen molar-refractivity contribution in [1.82, 2.24) is 10.2 Å². The number of rotatable bonds is 10. The topological polar surface area (TPSA) is 105 Å². The number of alkyl halides is 1. The fraction of sp³-hybridized carbons (Fsp3) is 0.625. The van der Waals surface area contributed by atoms with Gasteiger partial charge in [-0.3, -0.25) is 14.4 Å². The lowest BCUT2D eigenvalue weighted by Crippen LogP contribution is -2.55. The second-order valence-corrected chi connectivity index (χ2v) is 10.1. The number of carbonyl (C=O) groups is 3. The van der Waals surface area contributed by atoms with Gasteiger partial charge < -0.3 is 24.8 Å². The van der Waals surface area contributed by atoms with E-state index in [1.165, 1.54) is 0 Å². The number of aliphatic hydroxyl groups is 1. The standard InChI is InChI=1S/C24H31BrN2O6/c1-2-32-23(31)17-18-22(30)27(11-7-4-8-12-28)20(24(18)13-16(25)19(17)33-24)21(29)26-14-15-9-5-3-6-10-15/h3,5-6,9-10,16-20,28H,2,4,7-8,11-14H2,1H3,(H,26,29)/t16?,17-,18+,19-,20?,24?/m1/s1. The molecule has 1 aromatic rings. The van der Waals surface area contributed by atoms with Gasteiger partial charge in [0.15, 0.2) is 0 Å². The van der Waals surface area contributed by atoms with Gasteiger partial charge in [0.05, 0.1) is 24.5 Å². The van der Waals surface area contributed by atoms with Crippen LogP contribution in [0.5, 0.6) is 0 Å². The van der Waals surface area contributed by atoms with Crippen molar-refractivity contribution in [2.75, 3.05) is 19.8 Å². The Morgan fingerprint density at radius 1 is 1.27 bits per heavy atom. The molecule has 2 bridgehead atoms. The number of aliphatic hydroxyl groups excluding tert-OH is 1. The lowest BCUT2D eigenvalue weighted by atomic mass is 9.70. The molecule has 3 fully saturated rings. The van der Waals surface area contributed by atoms with Crippen molar-refractivity contribution in [2.24, 2.45) is 11.8 Å². The molecule has 0 aliphatic carbocycles. The van der Waals surface area contributed by atoms with Crippen LogP contribution in [0.1, 0.15) is 38.2 Å². The molecule has 1 spiro atoms. The van der Waals surface area contributed by atoms with E-state index in [0.717, 1.165) is 12.0 Å². The molecule has 0 saturated carbocycles. The summed E-state index contributed by atoms with van der Waals surface area (Å²) in [5.41, 5.74) is -0.108. The predicted molar refractivity (Wildman–Crippen MR) is 123 cm³/mol. The Balaban J connectivity index is 1.61. The summed E-state index contributed by atoms with van der Waals surface area (Å²) in [6.45, 7) is 2.75. The van der Waals surface area contributed by atoms with Gasteiger partial charge in [0, 0.05) is 24.5 Å². The smallest absolute Gasteiger partial charge is 0.312 e. The van der Waals surface area contributed by atoms with Crippen molar-refractivity contribution in [3.05, 3.63) is 35.9 Å². The molecule has 0 radical (unpaired) electrons. The van der Waals surface area contributed by atoms with E-state index in [2.05, 4.69) is 21.2 Å². The maximum absolute atomic E-state index is 13.6. The van der Waals surface area contributed by atoms with Crippen molar-refractivity contribution >= 4 is 33.7 Å². The molecule has 3 aliphatic rings. The molecule has 3 saturated heterocycles. The summed E-state index contributed by atoms with van der Waals surface area (Å²) < 4.78 is 11.7. The van der Waals surface area contributed by atoms with E-state index in [0.29, 0.717) is 32.4 Å². The van der Waals surface area contributed by atoms with E-state index in [-0.39, 0.29) is 29.9 Å². The zero-order valence-corrected chi connectivity index (χ0v) is 20.3. The molecule has 0 aromatic heterocycles. The number of fused-ring (bicyclic) bond motifs is 1. The summed E-state index contributed by atoms with van der Waals surface area (Å²) in [5, 5.41) is 12.1. The summed E-state index contributed by atoms with van der Waals surface area (Å²) in [5.74, 6) is -2.42. The number of hydrogen-bond donors (Lipinski definition) is 2. The maximum Gasteiger partial charge on any atom is 0.312 e. The molecule has 33 heavy (non-hydrogen) atoms. The molecule has 1 aromatic carbocycles. The number of nitrogens with one attached hydrogen (secondary N) is 1. The highest BCUT2D eigenvalue weighted by Gasteiger charge is 2.76. The molecular weight excluding hydrogens is 492 g/mol. The molecule has 3 unspecified atom stereocenters. The Morgan fingerprint density at radius 3 is 2.73 bits per heavy atom. The number of amides is 2. The summed E-state index contributed by atoms with van der Waals surface area (Å²) in [6, 6.07) is 8.76. The average Bonchev–Trinajstić information content (AvgIpc) is 3.39. The second kappa shape index (κ2) is 10.1. The Labute approximate surface area is 202 Å². The van der Waals surface area contributed by atoms with Gasteiger partial charge in [-0.25, -0.2) is 0 Å². The van der Waals surface area contributed by atoms with Crippen LogP contribution in [-0.4, -0.2) is 70.1 Å². The number of ether oxygens (including phenoxy) is 2. The van der Waals surface area contributed by atoms with E-state index < -0.39 is 35.6 Å². The first-order valence-corrected chi connectivity index (χ1v) is 12.6. The third-order valence-corrected chi connectivity index (χ3v) is 7.81. The quantitative estimate of drug-likeness (QED) is 0.275. The number of unbranched alkanes of at least 4 members (excludes halogenated alkanes) is 2. The van der Waals surface area contributed by atoms with E-state index >= 15 is 0 Å². The zero-order valence-electron chi connectivity index (χ0n) is 18.7. The molecule has 2 amide bonds. The number of nitrogens with zero attached hydrogens (tertiary/aromatic N) is 1. The number of benzene rings is 1. The summed E-state index contributed by atoms with van der Waals surface area (Å²) in [4.78, 5) is 41.5. The van der Waals surface area contributed by atoms with E-state index in [4.69, 9.17) is 14.6 Å². The van der Waals surface area contributed by atoms with Crippen molar-refractivity contribution in [1.29, 1.82) is 0 Å². The predicted octanol–water partition coefficient (Wildman–Crippen LogP) is 1.78. The van der Waals surface area contributed by atoms with Gasteiger partial charge in [-0.2, -0.15) is 0 Å². The van der Waals surface area contributed by atoms with Crippen LogP contribution in [-0.2, 0) is 30.4 Å². The number of hydrogen-bond acceptors (Lipinski definition) is 6. The van der Waals surface area contributed by atoms with Crippen molar-refractivity contribution < 1.29 is 29.0 Å². The highest BCUT2D eigenvalue weighted by molar-refractivity contribution is 9.09. The minimum Gasteiger partial charge on any atom is -0.466 e. The minimum atomic E-state index is -1.06. The van der Waals surface area contributed by atoms with Crippen molar-refractivity contribution in [3.8, 4) is 0 Å². The van der Waals surface area contributed by atoms with Crippen LogP contribution >= 0.6 is 15.9 Å². The lowest BCUT2D eigenvalue weighted by molar-refractivity contribution is -0.154. The number of halogens is 1. The fourth-order valence-electron chi connectivity index (χ4n) is 5.63. The van der Waals surface area contributed by atoms with Gasteiger partial charge in [0.1, 0.15) is 11.6 Å². The Kier molecular flexibility index (Phi) is 7.40. The molecule has 9 heteroatoms. The largest absolute Gasteiger partial charge is 0.466 e. The first kappa shape index (κ1) is 24.2. The molecule has 180 valence electrons. The van der Waals surface area contributed by atoms with Gasteiger partial charge in [-0.15, -0.1) is 0 Å². The first-order chi connectivity index (χ1) is 15.9. The van der Waals surface area contributed by atoms with Gasteiger partial charge in [0.25, 0.3) is 0 Å². The third-order valence-electron chi connectivity index (χ3n) is 6.96. The molecule has 3 heterocycles. The van der Waals surface area contributed by atoms with Gasteiger partial charge in [-0.05, 0) is 38.2 Å². The van der Waals surface area contributed by atoms with Crippen molar-refractivity contribution in [3.63, 3.8) is 0 Å². The SMILES string of the molecule is CCOC(=O)[C@H]1[C@@H]2OC3(CC2Br)C(C(=O)NCc2ccccc2)N(CCCCCO)C(=O)[C@H]13. The van der Waals surface area contributed by atoms with Crippen molar-refractivity contribution in [2.45, 2.75) is 61.7 Å². The first-order valence-electron chi connectivity index (χ1n) is 11.7. The average molecular weight is 523 g/mol. The van der Waals surface area contributed by atoms with E-state index in [1.54, 1.807) is 11.8 Å². The molecule has 4 rings (SSSR count). The van der Waals surface area contributed by atoms with Gasteiger partial charge in [-0.1, -0.05) is 46.3 Å². The van der Waals surface area contributed by atoms with Crippen LogP contribution in [0.4, 0.5) is 0 Å². The maximum atomic E-state index is 13.6. The van der Waals surface area contributed by atoms with E-state index in [1.807, 2.05) is 30.3 Å². The second-order valence-electron chi connectivity index (χ2n) is 8.93. The van der Waals surface area contributed by atoms with Gasteiger partial charge in [0.2, 0.25) is 11.8 Å². The molecular formula is C24H31BrN2O6. The monoisotopic (exact) mass is 522 g/mol. The Morgan fingerprint density at radius 2 is 2.03 bits per heavy atom. The molecule has 2 N–H and O–H groups in total. The van der Waals surface area contributed by atoms with Crippen LogP contribution in [0, 0.1) is 11.8 Å². The van der Waals surface area contributed by atoms with E-state index in [9.17, 15) is 14.4 Å². The third kappa shape index (κ3) is 4.31. The highest BCUT2D eigenvalue weighted by atomic mass is 79.9. The normalized spacial score (nSPS) is 32.2. The fourth-order valence-corrected chi connectivity index (χ4v) is 6.57. The van der Waals surface area contributed by atoms with Crippen LogP contribution in [0.15, 0.2) is 30.3 Å². The molecule has 8 nitrogen and oxygen atoms in total. The highest BCUT2D eigenvalue weighted by Crippen LogP contribution is 2.60. The number of esters is 1. The Hall–Kier alpha value is -1.97.